The van der Waals surface area contributed by atoms with Gasteiger partial charge >= 0.3 is 0 Å². The van der Waals surface area contributed by atoms with Gasteiger partial charge in [0.05, 0.1) is 4.88 Å². The Balaban J connectivity index is 2.04. The van der Waals surface area contributed by atoms with Crippen LogP contribution in [0.5, 0.6) is 0 Å². The molecular formula is C14H18N4S. The Morgan fingerprint density at radius 1 is 1.32 bits per heavy atom. The molecule has 1 aliphatic carbocycles. The van der Waals surface area contributed by atoms with Crippen molar-refractivity contribution in [2.75, 3.05) is 5.43 Å². The molecule has 3 rings (SSSR count). The van der Waals surface area contributed by atoms with Crippen molar-refractivity contribution in [1.29, 1.82) is 0 Å². The molecule has 0 saturated heterocycles. The quantitative estimate of drug-likeness (QED) is 0.664. The number of thiophene rings is 1. The Morgan fingerprint density at radius 3 is 2.74 bits per heavy atom. The monoisotopic (exact) mass is 274 g/mol. The van der Waals surface area contributed by atoms with Crippen molar-refractivity contribution in [2.24, 2.45) is 5.84 Å². The van der Waals surface area contributed by atoms with E-state index in [1.165, 1.54) is 31.2 Å². The number of aryl methyl sites for hydroxylation is 1. The van der Waals surface area contributed by atoms with Gasteiger partial charge in [-0.1, -0.05) is 12.8 Å². The zero-order chi connectivity index (χ0) is 13.2. The maximum Gasteiger partial charge on any atom is 0.172 e. The molecule has 0 radical (unpaired) electrons. The van der Waals surface area contributed by atoms with E-state index in [9.17, 15) is 0 Å². The smallest absolute Gasteiger partial charge is 0.172 e. The standard InChI is InChI=1S/C14H18N4S/c1-9-6-7-19-13(9)14-16-11(8-12(17-14)18-15)10-4-2-3-5-10/h6-8,10H,2-5,15H2,1H3,(H,16,17,18). The van der Waals surface area contributed by atoms with Crippen molar-refractivity contribution >= 4 is 17.2 Å². The Bertz CT molecular complexity index is 573. The van der Waals surface area contributed by atoms with E-state index in [0.717, 1.165) is 16.4 Å². The predicted molar refractivity (Wildman–Crippen MR) is 79.1 cm³/mol. The SMILES string of the molecule is Cc1ccsc1-c1nc(NN)cc(C2CCCC2)n1. The van der Waals surface area contributed by atoms with Crippen LogP contribution >= 0.6 is 11.3 Å². The van der Waals surface area contributed by atoms with Gasteiger partial charge in [0.1, 0.15) is 5.82 Å². The molecule has 2 aromatic heterocycles. The van der Waals surface area contributed by atoms with Crippen LogP contribution in [0.3, 0.4) is 0 Å². The van der Waals surface area contributed by atoms with E-state index in [1.807, 2.05) is 6.07 Å². The van der Waals surface area contributed by atoms with E-state index in [2.05, 4.69) is 28.8 Å². The summed E-state index contributed by atoms with van der Waals surface area (Å²) in [5, 5.41) is 2.08. The van der Waals surface area contributed by atoms with Crippen LogP contribution < -0.4 is 11.3 Å². The molecular weight excluding hydrogens is 256 g/mol. The van der Waals surface area contributed by atoms with Gasteiger partial charge in [-0.25, -0.2) is 15.8 Å². The number of hydrazine groups is 1. The zero-order valence-electron chi connectivity index (χ0n) is 11.0. The number of hydrogen-bond acceptors (Lipinski definition) is 5. The molecule has 100 valence electrons. The first kappa shape index (κ1) is 12.6. The molecule has 3 N–H and O–H groups in total. The van der Waals surface area contributed by atoms with Crippen LogP contribution in [0.1, 0.15) is 42.9 Å². The minimum absolute atomic E-state index is 0.564. The fraction of sp³-hybridized carbons (Fsp3) is 0.429. The van der Waals surface area contributed by atoms with Gasteiger partial charge in [-0.3, -0.25) is 0 Å². The topological polar surface area (TPSA) is 63.8 Å². The first-order valence-electron chi connectivity index (χ1n) is 6.68. The number of rotatable bonds is 3. The van der Waals surface area contributed by atoms with Gasteiger partial charge in [-0.05, 0) is 36.8 Å². The third-order valence-corrected chi connectivity index (χ3v) is 4.74. The summed E-state index contributed by atoms with van der Waals surface area (Å²) < 4.78 is 0. The largest absolute Gasteiger partial charge is 0.308 e. The summed E-state index contributed by atoms with van der Waals surface area (Å²) >= 11 is 1.68. The molecule has 0 bridgehead atoms. The van der Waals surface area contributed by atoms with Gasteiger partial charge in [0.25, 0.3) is 0 Å². The van der Waals surface area contributed by atoms with E-state index in [4.69, 9.17) is 10.8 Å². The molecule has 0 spiro atoms. The zero-order valence-corrected chi connectivity index (χ0v) is 11.8. The lowest BCUT2D eigenvalue weighted by Gasteiger charge is -2.12. The minimum atomic E-state index is 0.564. The predicted octanol–water partition coefficient (Wildman–Crippen LogP) is 3.46. The molecule has 0 unspecified atom stereocenters. The fourth-order valence-corrected chi connectivity index (χ4v) is 3.53. The highest BCUT2D eigenvalue weighted by atomic mass is 32.1. The number of nitrogen functional groups attached to an aromatic ring is 1. The highest BCUT2D eigenvalue weighted by Gasteiger charge is 2.20. The molecule has 0 aliphatic heterocycles. The van der Waals surface area contributed by atoms with Gasteiger partial charge in [0.15, 0.2) is 5.82 Å². The molecule has 19 heavy (non-hydrogen) atoms. The summed E-state index contributed by atoms with van der Waals surface area (Å²) in [5.74, 6) is 7.61. The van der Waals surface area contributed by atoms with E-state index in [-0.39, 0.29) is 0 Å². The number of hydrogen-bond donors (Lipinski definition) is 2. The summed E-state index contributed by atoms with van der Waals surface area (Å²) in [4.78, 5) is 10.4. The Morgan fingerprint density at radius 2 is 2.11 bits per heavy atom. The molecule has 0 atom stereocenters. The Hall–Kier alpha value is -1.46. The normalized spacial score (nSPS) is 15.9. The first-order chi connectivity index (χ1) is 9.28. The fourth-order valence-electron chi connectivity index (χ4n) is 2.67. The van der Waals surface area contributed by atoms with Gasteiger partial charge in [-0.15, -0.1) is 11.3 Å². The van der Waals surface area contributed by atoms with E-state index in [1.54, 1.807) is 11.3 Å². The second-order valence-corrected chi connectivity index (χ2v) is 5.98. The van der Waals surface area contributed by atoms with Gasteiger partial charge in [0.2, 0.25) is 0 Å². The van der Waals surface area contributed by atoms with Crippen molar-refractivity contribution < 1.29 is 0 Å². The molecule has 0 aromatic carbocycles. The number of aromatic nitrogens is 2. The van der Waals surface area contributed by atoms with Crippen LogP contribution in [0.25, 0.3) is 10.7 Å². The van der Waals surface area contributed by atoms with Crippen molar-refractivity contribution in [1.82, 2.24) is 9.97 Å². The van der Waals surface area contributed by atoms with Crippen LogP contribution in [0.4, 0.5) is 5.82 Å². The van der Waals surface area contributed by atoms with E-state index < -0.39 is 0 Å². The highest BCUT2D eigenvalue weighted by molar-refractivity contribution is 7.13. The molecule has 1 aliphatic rings. The van der Waals surface area contributed by atoms with E-state index >= 15 is 0 Å². The van der Waals surface area contributed by atoms with Crippen molar-refractivity contribution in [3.63, 3.8) is 0 Å². The summed E-state index contributed by atoms with van der Waals surface area (Å²) in [6.45, 7) is 2.09. The maximum absolute atomic E-state index is 5.54. The number of nitrogens with two attached hydrogens (primary N) is 1. The molecule has 1 fully saturated rings. The summed E-state index contributed by atoms with van der Waals surface area (Å²) in [7, 11) is 0. The third-order valence-electron chi connectivity index (χ3n) is 3.73. The number of nitrogens with one attached hydrogen (secondary N) is 1. The molecule has 1 saturated carbocycles. The lowest BCUT2D eigenvalue weighted by atomic mass is 10.0. The molecule has 2 aromatic rings. The molecule has 5 heteroatoms. The van der Waals surface area contributed by atoms with Gasteiger partial charge in [0, 0.05) is 17.7 Å². The Kier molecular flexibility index (Phi) is 3.48. The average molecular weight is 274 g/mol. The number of anilines is 1. The van der Waals surface area contributed by atoms with Crippen molar-refractivity contribution in [2.45, 2.75) is 38.5 Å². The van der Waals surface area contributed by atoms with Crippen LogP contribution in [0, 0.1) is 6.92 Å². The molecule has 4 nitrogen and oxygen atoms in total. The molecule has 0 amide bonds. The van der Waals surface area contributed by atoms with Crippen molar-refractivity contribution in [3.8, 4) is 10.7 Å². The third kappa shape index (κ3) is 2.48. The van der Waals surface area contributed by atoms with Crippen LogP contribution in [0.2, 0.25) is 0 Å². The maximum atomic E-state index is 5.54. The Labute approximate surface area is 117 Å². The lowest BCUT2D eigenvalue weighted by Crippen LogP contribution is -2.11. The summed E-state index contributed by atoms with van der Waals surface area (Å²) in [5.41, 5.74) is 5.01. The van der Waals surface area contributed by atoms with Crippen molar-refractivity contribution in [3.05, 3.63) is 28.8 Å². The number of nitrogens with zero attached hydrogens (tertiary/aromatic N) is 2. The lowest BCUT2D eigenvalue weighted by molar-refractivity contribution is 0.696. The average Bonchev–Trinajstić information content (AvgIpc) is 3.09. The van der Waals surface area contributed by atoms with Gasteiger partial charge < -0.3 is 5.43 Å². The summed E-state index contributed by atoms with van der Waals surface area (Å²) in [6, 6.07) is 4.09. The van der Waals surface area contributed by atoms with Gasteiger partial charge in [-0.2, -0.15) is 0 Å². The molecule has 2 heterocycles. The second-order valence-electron chi connectivity index (χ2n) is 5.06. The first-order valence-corrected chi connectivity index (χ1v) is 7.56. The highest BCUT2D eigenvalue weighted by Crippen LogP contribution is 2.35. The summed E-state index contributed by atoms with van der Waals surface area (Å²) in [6.07, 6.45) is 5.05. The second kappa shape index (κ2) is 5.27. The van der Waals surface area contributed by atoms with Crippen LogP contribution in [0.15, 0.2) is 17.5 Å². The minimum Gasteiger partial charge on any atom is -0.308 e. The van der Waals surface area contributed by atoms with E-state index in [0.29, 0.717) is 11.7 Å². The van der Waals surface area contributed by atoms with Crippen LogP contribution in [-0.4, -0.2) is 9.97 Å². The van der Waals surface area contributed by atoms with Crippen LogP contribution in [-0.2, 0) is 0 Å².